The predicted octanol–water partition coefficient (Wildman–Crippen LogP) is 22.5. The number of hydrogen-bond acceptors (Lipinski definition) is 4. The summed E-state index contributed by atoms with van der Waals surface area (Å²) < 4.78 is 0. The third-order valence-corrected chi connectivity index (χ3v) is 17.7. The molecule has 0 saturated carbocycles. The molecule has 0 aliphatic rings. The molecule has 0 fully saturated rings. The van der Waals surface area contributed by atoms with E-state index in [-0.39, 0.29) is 0 Å². The van der Waals surface area contributed by atoms with Gasteiger partial charge in [0, 0.05) is 27.6 Å². The normalized spacial score (nSPS) is 11.6. The van der Waals surface area contributed by atoms with E-state index < -0.39 is 0 Å². The highest BCUT2D eigenvalue weighted by atomic mass is 14.9. The van der Waals surface area contributed by atoms with Crippen LogP contribution in [0.4, 0.5) is 0 Å². The molecule has 4 heteroatoms. The van der Waals surface area contributed by atoms with E-state index in [0.717, 1.165) is 78.2 Å². The zero-order chi connectivity index (χ0) is 58.1. The van der Waals surface area contributed by atoms with Crippen molar-refractivity contribution in [2.24, 2.45) is 0 Å². The van der Waals surface area contributed by atoms with Crippen molar-refractivity contribution in [3.05, 3.63) is 315 Å². The highest BCUT2D eigenvalue weighted by molar-refractivity contribution is 6.24. The smallest absolute Gasteiger partial charge is 0.160 e. The minimum atomic E-state index is 0.739. The van der Waals surface area contributed by atoms with Crippen LogP contribution in [-0.4, -0.2) is 19.9 Å². The van der Waals surface area contributed by atoms with Crippen LogP contribution < -0.4 is 0 Å². The SMILES string of the molecule is c1ccc(-c2nc(-c3ccccc3)c3cc(-c4ccc5c(ccc6c5ccc5c7ccccc7ccc56)c4)ccc3n2)cc1.c1ccc(-c2nc3ccc(-c4ccc5c(ccc6c5ccc5c7ccccc7ccc56)c4)cc3nc2-c2ccccc2)cc1. The Morgan fingerprint density at radius 2 is 0.477 bits per heavy atom. The molecule has 4 nitrogen and oxygen atoms in total. The third kappa shape index (κ3) is 8.85. The summed E-state index contributed by atoms with van der Waals surface area (Å²) >= 11 is 0. The van der Waals surface area contributed by atoms with Gasteiger partial charge in [-0.3, -0.25) is 0 Å². The van der Waals surface area contributed by atoms with Gasteiger partial charge in [0.15, 0.2) is 5.82 Å². The monoisotopic (exact) mass is 1120 g/mol. The van der Waals surface area contributed by atoms with Gasteiger partial charge in [-0.2, -0.15) is 0 Å². The lowest BCUT2D eigenvalue weighted by Gasteiger charge is -2.13. The molecule has 16 aromatic carbocycles. The topological polar surface area (TPSA) is 51.6 Å². The number of hydrogen-bond donors (Lipinski definition) is 0. The number of benzene rings is 16. The van der Waals surface area contributed by atoms with Crippen LogP contribution in [0.1, 0.15) is 0 Å². The number of rotatable bonds is 6. The standard InChI is InChI=1S/2C42H26N2/c1-3-10-28(11-4-1)41-39-26-31(18-24-40(39)43-42(44-41)29-12-5-2-6-13-29)30-16-19-34-32(25-30)17-21-38-36(34)23-22-35-33-14-8-7-9-27(33)15-20-37(35)38;1-3-10-28(11-4-1)41-42(29-12-5-2-6-13-29)44-40-26-31(18-24-39(40)43-41)30-16-19-34-32(25-30)17-21-38-36(34)23-22-35-33-14-8-7-9-27(33)15-20-37(35)38/h2*1-26H. The summed E-state index contributed by atoms with van der Waals surface area (Å²) in [5, 5.41) is 21.5. The molecule has 2 heterocycles. The van der Waals surface area contributed by atoms with Crippen LogP contribution in [0.15, 0.2) is 315 Å². The van der Waals surface area contributed by atoms with Crippen molar-refractivity contribution in [1.82, 2.24) is 19.9 Å². The highest BCUT2D eigenvalue weighted by Crippen LogP contribution is 2.41. The van der Waals surface area contributed by atoms with Crippen molar-refractivity contribution in [2.45, 2.75) is 0 Å². The number of fused-ring (bicyclic) bond motifs is 16. The molecule has 0 spiro atoms. The molecule has 0 saturated heterocycles. The van der Waals surface area contributed by atoms with Crippen LogP contribution in [0.3, 0.4) is 0 Å². The van der Waals surface area contributed by atoms with Gasteiger partial charge in [0.2, 0.25) is 0 Å². The van der Waals surface area contributed by atoms with Gasteiger partial charge in [0.05, 0.1) is 33.6 Å². The lowest BCUT2D eigenvalue weighted by Crippen LogP contribution is -1.95. The maximum atomic E-state index is 5.20. The van der Waals surface area contributed by atoms with Gasteiger partial charge in [0.25, 0.3) is 0 Å². The molecule has 0 atom stereocenters. The predicted molar refractivity (Wildman–Crippen MR) is 372 cm³/mol. The fraction of sp³-hybridized carbons (Fsp3) is 0. The van der Waals surface area contributed by atoms with E-state index in [1.807, 2.05) is 48.5 Å². The van der Waals surface area contributed by atoms with E-state index in [2.05, 4.69) is 267 Å². The molecule has 0 unspecified atom stereocenters. The highest BCUT2D eigenvalue weighted by Gasteiger charge is 2.17. The summed E-state index contributed by atoms with van der Waals surface area (Å²) in [5.41, 5.74) is 14.3. The molecule has 88 heavy (non-hydrogen) atoms. The third-order valence-electron chi connectivity index (χ3n) is 17.7. The summed E-state index contributed by atoms with van der Waals surface area (Å²) in [7, 11) is 0. The van der Waals surface area contributed by atoms with E-state index in [1.165, 1.54) is 97.3 Å². The van der Waals surface area contributed by atoms with Crippen LogP contribution in [0, 0.1) is 0 Å². The van der Waals surface area contributed by atoms with Crippen LogP contribution in [0.5, 0.6) is 0 Å². The van der Waals surface area contributed by atoms with Crippen LogP contribution >= 0.6 is 0 Å². The fourth-order valence-electron chi connectivity index (χ4n) is 13.3. The van der Waals surface area contributed by atoms with Gasteiger partial charge in [-0.15, -0.1) is 0 Å². The molecule has 0 bridgehead atoms. The molecule has 18 rings (SSSR count). The number of aromatic nitrogens is 4. The van der Waals surface area contributed by atoms with Crippen molar-refractivity contribution in [1.29, 1.82) is 0 Å². The average molecular weight is 1120 g/mol. The Kier molecular flexibility index (Phi) is 12.2. The van der Waals surface area contributed by atoms with Gasteiger partial charge >= 0.3 is 0 Å². The quantitative estimate of drug-likeness (QED) is 0.156. The Balaban J connectivity index is 0.000000137. The second-order valence-electron chi connectivity index (χ2n) is 22.8. The molecular weight excluding hydrogens is 1060 g/mol. The van der Waals surface area contributed by atoms with E-state index in [4.69, 9.17) is 19.9 Å². The van der Waals surface area contributed by atoms with Crippen LogP contribution in [0.25, 0.3) is 176 Å². The Bertz CT molecular complexity index is 5790. The van der Waals surface area contributed by atoms with Gasteiger partial charge < -0.3 is 0 Å². The molecule has 18 aromatic rings. The zero-order valence-corrected chi connectivity index (χ0v) is 47.8. The van der Waals surface area contributed by atoms with Gasteiger partial charge in [-0.05, 0) is 145 Å². The minimum Gasteiger partial charge on any atom is -0.244 e. The van der Waals surface area contributed by atoms with Crippen LogP contribution in [-0.2, 0) is 0 Å². The molecule has 0 N–H and O–H groups in total. The summed E-state index contributed by atoms with van der Waals surface area (Å²) in [6.45, 7) is 0. The molecule has 0 aliphatic carbocycles. The lowest BCUT2D eigenvalue weighted by atomic mass is 9.92. The summed E-state index contributed by atoms with van der Waals surface area (Å²) in [4.78, 5) is 20.4. The number of nitrogens with zero attached hydrogens (tertiary/aromatic N) is 4. The zero-order valence-electron chi connectivity index (χ0n) is 47.8. The van der Waals surface area contributed by atoms with Crippen molar-refractivity contribution in [3.8, 4) is 67.4 Å². The van der Waals surface area contributed by atoms with Gasteiger partial charge in [-0.1, -0.05) is 279 Å². The first-order valence-electron chi connectivity index (χ1n) is 30.0. The summed E-state index contributed by atoms with van der Waals surface area (Å²) in [6, 6.07) is 112. The fourth-order valence-corrected chi connectivity index (χ4v) is 13.3. The molecule has 0 amide bonds. The first-order chi connectivity index (χ1) is 43.6. The Labute approximate surface area is 508 Å². The molecular formula is C84H52N4. The van der Waals surface area contributed by atoms with Crippen molar-refractivity contribution >= 4 is 108 Å². The largest absolute Gasteiger partial charge is 0.244 e. The molecule has 2 aromatic heterocycles. The van der Waals surface area contributed by atoms with Crippen LogP contribution in [0.2, 0.25) is 0 Å². The van der Waals surface area contributed by atoms with Crippen molar-refractivity contribution in [2.75, 3.05) is 0 Å². The van der Waals surface area contributed by atoms with E-state index in [1.54, 1.807) is 0 Å². The van der Waals surface area contributed by atoms with E-state index >= 15 is 0 Å². The molecule has 0 aliphatic heterocycles. The Morgan fingerprint density at radius 1 is 0.148 bits per heavy atom. The second-order valence-corrected chi connectivity index (χ2v) is 22.8. The lowest BCUT2D eigenvalue weighted by molar-refractivity contribution is 1.23. The second kappa shape index (κ2) is 21.1. The average Bonchev–Trinajstić information content (AvgIpc) is 1.34. The first-order valence-corrected chi connectivity index (χ1v) is 30.0. The summed E-state index contributed by atoms with van der Waals surface area (Å²) in [6.07, 6.45) is 0. The Hall–Kier alpha value is -11.7. The van der Waals surface area contributed by atoms with Gasteiger partial charge in [-0.25, -0.2) is 19.9 Å². The Morgan fingerprint density at radius 3 is 0.966 bits per heavy atom. The minimum absolute atomic E-state index is 0.739. The van der Waals surface area contributed by atoms with Gasteiger partial charge in [0.1, 0.15) is 0 Å². The maximum absolute atomic E-state index is 5.20. The van der Waals surface area contributed by atoms with Crippen molar-refractivity contribution in [3.63, 3.8) is 0 Å². The van der Waals surface area contributed by atoms with E-state index in [9.17, 15) is 0 Å². The molecule has 0 radical (unpaired) electrons. The van der Waals surface area contributed by atoms with Crippen molar-refractivity contribution < 1.29 is 0 Å². The first kappa shape index (κ1) is 50.8. The summed E-state index contributed by atoms with van der Waals surface area (Å²) in [5.74, 6) is 0.739. The molecule has 408 valence electrons. The maximum Gasteiger partial charge on any atom is 0.160 e. The van der Waals surface area contributed by atoms with E-state index in [0.29, 0.717) is 0 Å².